The predicted octanol–water partition coefficient (Wildman–Crippen LogP) is 2.30. The third kappa shape index (κ3) is 3.96. The zero-order chi connectivity index (χ0) is 10.6. The molecule has 2 N–H and O–H groups in total. The van der Waals surface area contributed by atoms with Crippen LogP contribution < -0.4 is 5.32 Å². The highest BCUT2D eigenvalue weighted by atomic mass is 35.5. The van der Waals surface area contributed by atoms with Gasteiger partial charge in [-0.3, -0.25) is 0 Å². The third-order valence-corrected chi connectivity index (χ3v) is 3.17. The molecule has 0 radical (unpaired) electrons. The first-order valence-electron chi connectivity index (χ1n) is 4.71. The van der Waals surface area contributed by atoms with Crippen LogP contribution in [0.3, 0.4) is 0 Å². The van der Waals surface area contributed by atoms with Gasteiger partial charge in [-0.25, -0.2) is 0 Å². The lowest BCUT2D eigenvalue weighted by molar-refractivity contribution is 0.0615. The van der Waals surface area contributed by atoms with Crippen molar-refractivity contribution in [2.45, 2.75) is 25.9 Å². The molecule has 0 aliphatic heterocycles. The van der Waals surface area contributed by atoms with Crippen molar-refractivity contribution in [1.29, 1.82) is 0 Å². The molecule has 1 rings (SSSR count). The average molecular weight is 234 g/mol. The Morgan fingerprint density at radius 2 is 2.29 bits per heavy atom. The first-order valence-corrected chi connectivity index (χ1v) is 5.90. The Bertz CT molecular complexity index is 285. The molecular formula is C10H16ClNOS. The first kappa shape index (κ1) is 12.0. The highest BCUT2D eigenvalue weighted by Crippen LogP contribution is 2.24. The van der Waals surface area contributed by atoms with E-state index in [0.717, 1.165) is 15.8 Å². The lowest BCUT2D eigenvalue weighted by Crippen LogP contribution is -2.39. The van der Waals surface area contributed by atoms with Crippen LogP contribution in [0.4, 0.5) is 0 Å². The molecule has 1 unspecified atom stereocenters. The Hall–Kier alpha value is -0.0900. The molecule has 1 aromatic heterocycles. The Morgan fingerprint density at radius 3 is 2.79 bits per heavy atom. The van der Waals surface area contributed by atoms with Crippen LogP contribution in [0.25, 0.3) is 0 Å². The van der Waals surface area contributed by atoms with E-state index in [1.807, 2.05) is 26.0 Å². The van der Waals surface area contributed by atoms with Crippen LogP contribution in [0.1, 0.15) is 18.7 Å². The molecule has 1 atom stereocenters. The zero-order valence-electron chi connectivity index (χ0n) is 8.51. The summed E-state index contributed by atoms with van der Waals surface area (Å²) < 4.78 is 0.777. The van der Waals surface area contributed by atoms with Gasteiger partial charge in [0.2, 0.25) is 0 Å². The Kier molecular flexibility index (Phi) is 4.38. The van der Waals surface area contributed by atoms with E-state index in [0.29, 0.717) is 13.0 Å². The van der Waals surface area contributed by atoms with Crippen molar-refractivity contribution in [2.24, 2.45) is 0 Å². The van der Waals surface area contributed by atoms with E-state index in [9.17, 15) is 5.11 Å². The molecule has 2 nitrogen and oxygen atoms in total. The number of thiophene rings is 1. The van der Waals surface area contributed by atoms with Gasteiger partial charge in [0, 0.05) is 17.8 Å². The lowest BCUT2D eigenvalue weighted by Gasteiger charge is -2.22. The van der Waals surface area contributed by atoms with E-state index in [2.05, 4.69) is 5.32 Å². The molecule has 0 aliphatic rings. The monoisotopic (exact) mass is 233 g/mol. The van der Waals surface area contributed by atoms with Crippen LogP contribution in [-0.2, 0) is 6.42 Å². The maximum absolute atomic E-state index is 10.0. The van der Waals surface area contributed by atoms with E-state index in [1.165, 1.54) is 11.3 Å². The number of hydrogen-bond acceptors (Lipinski definition) is 3. The fourth-order valence-electron chi connectivity index (χ4n) is 1.28. The minimum atomic E-state index is -0.690. The summed E-state index contributed by atoms with van der Waals surface area (Å²) in [5.74, 6) is 0. The van der Waals surface area contributed by atoms with Gasteiger partial charge in [-0.2, -0.15) is 0 Å². The normalized spacial score (nSPS) is 15.4. The summed E-state index contributed by atoms with van der Waals surface area (Å²) in [6.45, 7) is 5.35. The van der Waals surface area contributed by atoms with Crippen molar-refractivity contribution >= 4 is 22.9 Å². The minimum absolute atomic E-state index is 0.610. The summed E-state index contributed by atoms with van der Waals surface area (Å²) in [5.41, 5.74) is -0.690. The van der Waals surface area contributed by atoms with Gasteiger partial charge in [-0.1, -0.05) is 18.5 Å². The van der Waals surface area contributed by atoms with Gasteiger partial charge in [0.1, 0.15) is 0 Å². The number of rotatable bonds is 5. The molecule has 4 heteroatoms. The molecule has 0 saturated carbocycles. The summed E-state index contributed by atoms with van der Waals surface area (Å²) in [4.78, 5) is 1.12. The number of likely N-dealkylation sites (N-methyl/N-ethyl adjacent to an activating group) is 1. The molecule has 0 bridgehead atoms. The molecule has 0 aromatic carbocycles. The van der Waals surface area contributed by atoms with Crippen molar-refractivity contribution in [2.75, 3.05) is 13.1 Å². The van der Waals surface area contributed by atoms with Gasteiger partial charge in [0.25, 0.3) is 0 Å². The molecule has 1 heterocycles. The van der Waals surface area contributed by atoms with Crippen LogP contribution in [-0.4, -0.2) is 23.8 Å². The highest BCUT2D eigenvalue weighted by Gasteiger charge is 2.20. The van der Waals surface area contributed by atoms with Crippen LogP contribution in [0.15, 0.2) is 12.1 Å². The van der Waals surface area contributed by atoms with Crippen LogP contribution in [0.2, 0.25) is 4.34 Å². The number of halogens is 1. The molecule has 0 spiro atoms. The molecular weight excluding hydrogens is 218 g/mol. The molecule has 14 heavy (non-hydrogen) atoms. The summed E-state index contributed by atoms with van der Waals surface area (Å²) in [5, 5.41) is 13.1. The topological polar surface area (TPSA) is 32.3 Å². The van der Waals surface area contributed by atoms with E-state index < -0.39 is 5.60 Å². The molecule has 0 saturated heterocycles. The van der Waals surface area contributed by atoms with Crippen molar-refractivity contribution in [3.8, 4) is 0 Å². The van der Waals surface area contributed by atoms with Crippen LogP contribution in [0.5, 0.6) is 0 Å². The summed E-state index contributed by atoms with van der Waals surface area (Å²) >= 11 is 7.34. The van der Waals surface area contributed by atoms with E-state index >= 15 is 0 Å². The fourth-order valence-corrected chi connectivity index (χ4v) is 2.54. The Balaban J connectivity index is 2.49. The second kappa shape index (κ2) is 5.12. The van der Waals surface area contributed by atoms with E-state index in [1.54, 1.807) is 0 Å². The zero-order valence-corrected chi connectivity index (χ0v) is 10.1. The van der Waals surface area contributed by atoms with Gasteiger partial charge in [-0.05, 0) is 25.6 Å². The lowest BCUT2D eigenvalue weighted by atomic mass is 10.0. The first-order chi connectivity index (χ1) is 6.53. The van der Waals surface area contributed by atoms with Crippen molar-refractivity contribution in [3.63, 3.8) is 0 Å². The maximum atomic E-state index is 10.0. The summed E-state index contributed by atoms with van der Waals surface area (Å²) in [7, 11) is 0. The quantitative estimate of drug-likeness (QED) is 0.818. The third-order valence-electron chi connectivity index (χ3n) is 1.94. The Morgan fingerprint density at radius 1 is 1.57 bits per heavy atom. The summed E-state index contributed by atoms with van der Waals surface area (Å²) in [6.07, 6.45) is 0.650. The molecule has 1 aromatic rings. The largest absolute Gasteiger partial charge is 0.388 e. The fraction of sp³-hybridized carbons (Fsp3) is 0.600. The standard InChI is InChI=1S/C10H16ClNOS/c1-3-12-7-10(2,13)6-8-4-5-9(11)14-8/h4-5,12-13H,3,6-7H2,1-2H3. The minimum Gasteiger partial charge on any atom is -0.388 e. The predicted molar refractivity (Wildman–Crippen MR) is 62.2 cm³/mol. The van der Waals surface area contributed by atoms with Crippen LogP contribution in [0, 0.1) is 0 Å². The molecule has 0 aliphatic carbocycles. The van der Waals surface area contributed by atoms with Gasteiger partial charge < -0.3 is 10.4 Å². The second-order valence-corrected chi connectivity index (χ2v) is 5.46. The average Bonchev–Trinajstić information content (AvgIpc) is 2.47. The summed E-state index contributed by atoms with van der Waals surface area (Å²) in [6, 6.07) is 3.83. The SMILES string of the molecule is CCNCC(C)(O)Cc1ccc(Cl)s1. The number of nitrogens with one attached hydrogen (secondary N) is 1. The van der Waals surface area contributed by atoms with Gasteiger partial charge in [-0.15, -0.1) is 11.3 Å². The highest BCUT2D eigenvalue weighted by molar-refractivity contribution is 7.16. The second-order valence-electron chi connectivity index (χ2n) is 3.66. The number of hydrogen-bond donors (Lipinski definition) is 2. The van der Waals surface area contributed by atoms with Crippen molar-refractivity contribution in [3.05, 3.63) is 21.3 Å². The van der Waals surface area contributed by atoms with E-state index in [-0.39, 0.29) is 0 Å². The van der Waals surface area contributed by atoms with Crippen molar-refractivity contribution in [1.82, 2.24) is 5.32 Å². The smallest absolute Gasteiger partial charge is 0.0931 e. The Labute approximate surface area is 93.9 Å². The van der Waals surface area contributed by atoms with Gasteiger partial charge in [0.15, 0.2) is 0 Å². The molecule has 80 valence electrons. The maximum Gasteiger partial charge on any atom is 0.0931 e. The van der Waals surface area contributed by atoms with Gasteiger partial charge >= 0.3 is 0 Å². The molecule has 0 amide bonds. The van der Waals surface area contributed by atoms with Crippen molar-refractivity contribution < 1.29 is 5.11 Å². The number of aliphatic hydroxyl groups is 1. The molecule has 0 fully saturated rings. The van der Waals surface area contributed by atoms with E-state index in [4.69, 9.17) is 11.6 Å². The van der Waals surface area contributed by atoms with Gasteiger partial charge in [0.05, 0.1) is 9.94 Å². The van der Waals surface area contributed by atoms with Crippen LogP contribution >= 0.6 is 22.9 Å².